The molecule has 9 N–H and O–H groups in total. The minimum Gasteiger partial charge on any atom is -0.370 e. The van der Waals surface area contributed by atoms with Crippen LogP contribution in [-0.4, -0.2) is 51.9 Å². The molecule has 2 heterocycles. The Hall–Kier alpha value is -4.48. The zero-order chi connectivity index (χ0) is 26.9. The highest BCUT2D eigenvalue weighted by Crippen LogP contribution is 2.62. The Balaban J connectivity index is 1.13. The molecule has 1 aromatic heterocycles. The largest absolute Gasteiger partial charge is 0.370 e. The van der Waals surface area contributed by atoms with Crippen molar-refractivity contribution in [3.8, 4) is 0 Å². The van der Waals surface area contributed by atoms with Gasteiger partial charge in [0.15, 0.2) is 17.7 Å². The number of amides is 2. The number of hydrogen-bond donors (Lipinski definition) is 7. The maximum absolute atomic E-state index is 13.1. The van der Waals surface area contributed by atoms with Crippen molar-refractivity contribution in [2.75, 3.05) is 23.7 Å². The Kier molecular flexibility index (Phi) is 6.70. The van der Waals surface area contributed by atoms with Gasteiger partial charge in [-0.3, -0.25) is 20.4 Å². The number of carbonyl (C=O) groups excluding carboxylic acids is 2. The molecule has 0 spiro atoms. The van der Waals surface area contributed by atoms with E-state index in [-0.39, 0.29) is 35.6 Å². The van der Waals surface area contributed by atoms with Gasteiger partial charge in [-0.2, -0.15) is 0 Å². The van der Waals surface area contributed by atoms with E-state index in [1.165, 1.54) is 0 Å². The van der Waals surface area contributed by atoms with Crippen LogP contribution in [0.5, 0.6) is 0 Å². The lowest BCUT2D eigenvalue weighted by molar-refractivity contribution is -0.129. The SMILES string of the molecule is N=C(N)NCc1ccc(NC(=O)C23CC(C2)[C@H](C(=O)Nc2ccc(C4=CCN(C(=N)N)CC4)nn2)C3)cc1. The normalized spacial score (nSPS) is 23.6. The van der Waals surface area contributed by atoms with Gasteiger partial charge in [0.2, 0.25) is 11.8 Å². The minimum absolute atomic E-state index is 0.0492. The first-order valence-corrected chi connectivity index (χ1v) is 12.6. The molecule has 38 heavy (non-hydrogen) atoms. The van der Waals surface area contributed by atoms with Gasteiger partial charge in [0.1, 0.15) is 0 Å². The van der Waals surface area contributed by atoms with Crippen molar-refractivity contribution in [1.29, 1.82) is 10.8 Å². The van der Waals surface area contributed by atoms with E-state index in [4.69, 9.17) is 22.3 Å². The van der Waals surface area contributed by atoms with Gasteiger partial charge in [-0.05, 0) is 67.0 Å². The fourth-order valence-electron chi connectivity index (χ4n) is 5.64. The van der Waals surface area contributed by atoms with Crippen molar-refractivity contribution in [3.05, 3.63) is 53.7 Å². The second-order valence-electron chi connectivity index (χ2n) is 10.3. The first-order chi connectivity index (χ1) is 18.2. The summed E-state index contributed by atoms with van der Waals surface area (Å²) in [5.41, 5.74) is 13.8. The van der Waals surface area contributed by atoms with Gasteiger partial charge in [-0.15, -0.1) is 10.2 Å². The summed E-state index contributed by atoms with van der Waals surface area (Å²) in [4.78, 5) is 27.9. The molecule has 3 saturated carbocycles. The average Bonchev–Trinajstić information content (AvgIpc) is 3.47. The summed E-state index contributed by atoms with van der Waals surface area (Å²) in [5, 5.41) is 31.9. The fourth-order valence-corrected chi connectivity index (χ4v) is 5.64. The zero-order valence-electron chi connectivity index (χ0n) is 21.0. The van der Waals surface area contributed by atoms with Gasteiger partial charge in [-0.25, -0.2) is 0 Å². The molecule has 3 aliphatic carbocycles. The second-order valence-corrected chi connectivity index (χ2v) is 10.3. The summed E-state index contributed by atoms with van der Waals surface area (Å²) in [6.07, 6.45) is 4.63. The number of anilines is 2. The maximum atomic E-state index is 13.1. The first kappa shape index (κ1) is 25.2. The Morgan fingerprint density at radius 3 is 2.39 bits per heavy atom. The van der Waals surface area contributed by atoms with Gasteiger partial charge < -0.3 is 32.3 Å². The van der Waals surface area contributed by atoms with E-state index in [1.54, 1.807) is 11.0 Å². The summed E-state index contributed by atoms with van der Waals surface area (Å²) >= 11 is 0. The number of guanidine groups is 2. The molecule has 0 radical (unpaired) electrons. The number of fused-ring (bicyclic) bond motifs is 1. The van der Waals surface area contributed by atoms with Crippen molar-refractivity contribution in [3.63, 3.8) is 0 Å². The Labute approximate surface area is 220 Å². The van der Waals surface area contributed by atoms with Gasteiger partial charge in [0, 0.05) is 31.2 Å². The predicted molar refractivity (Wildman–Crippen MR) is 144 cm³/mol. The van der Waals surface area contributed by atoms with Crippen LogP contribution in [0.25, 0.3) is 5.57 Å². The van der Waals surface area contributed by atoms with E-state index in [0.717, 1.165) is 23.3 Å². The van der Waals surface area contributed by atoms with Crippen molar-refractivity contribution in [1.82, 2.24) is 20.4 Å². The summed E-state index contributed by atoms with van der Waals surface area (Å²) in [6, 6.07) is 11.0. The molecule has 1 aliphatic heterocycles. The van der Waals surface area contributed by atoms with E-state index in [9.17, 15) is 9.59 Å². The second kappa shape index (κ2) is 10.1. The van der Waals surface area contributed by atoms with Crippen LogP contribution >= 0.6 is 0 Å². The highest BCUT2D eigenvalue weighted by molar-refractivity contribution is 5.99. The summed E-state index contributed by atoms with van der Waals surface area (Å²) in [6.45, 7) is 1.66. The van der Waals surface area contributed by atoms with E-state index >= 15 is 0 Å². The summed E-state index contributed by atoms with van der Waals surface area (Å²) < 4.78 is 0. The third-order valence-electron chi connectivity index (χ3n) is 7.79. The van der Waals surface area contributed by atoms with Crippen LogP contribution < -0.4 is 27.4 Å². The molecule has 6 rings (SSSR count). The number of rotatable bonds is 7. The van der Waals surface area contributed by atoms with Crippen LogP contribution in [0.3, 0.4) is 0 Å². The Bertz CT molecular complexity index is 1280. The van der Waals surface area contributed by atoms with E-state index in [1.807, 2.05) is 36.4 Å². The number of carbonyl (C=O) groups is 2. The van der Waals surface area contributed by atoms with Crippen LogP contribution in [0.2, 0.25) is 0 Å². The number of nitrogens with one attached hydrogen (secondary N) is 5. The molecule has 198 valence electrons. The van der Waals surface area contributed by atoms with Gasteiger partial charge in [0.25, 0.3) is 0 Å². The molecular weight excluding hydrogens is 484 g/mol. The lowest BCUT2D eigenvalue weighted by atomic mass is 9.68. The highest BCUT2D eigenvalue weighted by Gasteiger charge is 2.62. The molecular formula is C26H32N10O2. The maximum Gasteiger partial charge on any atom is 0.230 e. The number of benzene rings is 1. The number of nitrogens with two attached hydrogens (primary N) is 2. The van der Waals surface area contributed by atoms with E-state index in [2.05, 4.69) is 26.1 Å². The number of nitrogens with zero attached hydrogens (tertiary/aromatic N) is 3. The van der Waals surface area contributed by atoms with Crippen molar-refractivity contribution in [2.24, 2.45) is 28.7 Å². The Morgan fingerprint density at radius 1 is 1.03 bits per heavy atom. The molecule has 12 heteroatoms. The van der Waals surface area contributed by atoms with Gasteiger partial charge >= 0.3 is 0 Å². The monoisotopic (exact) mass is 516 g/mol. The quantitative estimate of drug-likeness (QED) is 0.212. The molecule has 1 atom stereocenters. The third kappa shape index (κ3) is 5.15. The van der Waals surface area contributed by atoms with Crippen molar-refractivity contribution < 1.29 is 9.59 Å². The van der Waals surface area contributed by atoms with Gasteiger partial charge in [0.05, 0.1) is 11.1 Å². The van der Waals surface area contributed by atoms with E-state index in [0.29, 0.717) is 50.4 Å². The highest BCUT2D eigenvalue weighted by atomic mass is 16.2. The van der Waals surface area contributed by atoms with Crippen LogP contribution in [0, 0.1) is 28.1 Å². The minimum atomic E-state index is -0.516. The number of aromatic nitrogens is 2. The molecule has 3 fully saturated rings. The smallest absolute Gasteiger partial charge is 0.230 e. The zero-order valence-corrected chi connectivity index (χ0v) is 21.0. The van der Waals surface area contributed by atoms with Crippen molar-refractivity contribution >= 4 is 40.8 Å². The summed E-state index contributed by atoms with van der Waals surface area (Å²) in [7, 11) is 0. The molecule has 1 aromatic carbocycles. The third-order valence-corrected chi connectivity index (χ3v) is 7.79. The predicted octanol–water partition coefficient (Wildman–Crippen LogP) is 1.44. The molecule has 0 saturated heterocycles. The average molecular weight is 517 g/mol. The van der Waals surface area contributed by atoms with Crippen LogP contribution in [-0.2, 0) is 16.1 Å². The first-order valence-electron chi connectivity index (χ1n) is 12.6. The van der Waals surface area contributed by atoms with Crippen molar-refractivity contribution in [2.45, 2.75) is 32.2 Å². The van der Waals surface area contributed by atoms with Crippen LogP contribution in [0.4, 0.5) is 11.5 Å². The van der Waals surface area contributed by atoms with Crippen LogP contribution in [0.15, 0.2) is 42.5 Å². The standard InChI is InChI=1S/C26H32N10O2/c27-24(28)31-14-15-1-3-18(4-2-15)32-23(38)26-11-17(12-26)19(13-26)22(37)33-21-6-5-20(34-35-21)16-7-9-36(10-8-16)25(29)30/h1-7,17,19H,8-14H2,(H3,29,30)(H,32,38)(H4,27,28,31)(H,33,35,37)/t17?,19-,26?/m1/s1. The summed E-state index contributed by atoms with van der Waals surface area (Å²) in [5.74, 6) is 0.132. The van der Waals surface area contributed by atoms with Crippen LogP contribution in [0.1, 0.15) is 36.9 Å². The molecule has 2 amide bonds. The topological polar surface area (TPSA) is 199 Å². The molecule has 2 aromatic rings. The molecule has 0 unspecified atom stereocenters. The number of hydrogen-bond acceptors (Lipinski definition) is 6. The molecule has 4 aliphatic rings. The lowest BCUT2D eigenvalue weighted by Gasteiger charge is -2.36. The van der Waals surface area contributed by atoms with E-state index < -0.39 is 5.41 Å². The molecule has 2 bridgehead atoms. The van der Waals surface area contributed by atoms with Gasteiger partial charge in [-0.1, -0.05) is 18.2 Å². The molecule has 12 nitrogen and oxygen atoms in total. The fraction of sp³-hybridized carbons (Fsp3) is 0.385. The Morgan fingerprint density at radius 2 is 1.79 bits per heavy atom. The lowest BCUT2D eigenvalue weighted by Crippen LogP contribution is -2.40.